The van der Waals surface area contributed by atoms with Crippen LogP contribution in [0.1, 0.15) is 16.8 Å². The van der Waals surface area contributed by atoms with Crippen LogP contribution in [0.2, 0.25) is 0 Å². The second-order valence-corrected chi connectivity index (χ2v) is 4.17. The molecule has 1 fully saturated rings. The summed E-state index contributed by atoms with van der Waals surface area (Å²) < 4.78 is 10.4. The lowest BCUT2D eigenvalue weighted by molar-refractivity contribution is -0.136. The molecule has 0 aromatic heterocycles. The Hall–Kier alpha value is -2.24. The van der Waals surface area contributed by atoms with Crippen LogP contribution in [0.3, 0.4) is 0 Å². The number of amides is 1. The molecule has 1 saturated heterocycles. The van der Waals surface area contributed by atoms with Gasteiger partial charge in [0.25, 0.3) is 5.91 Å². The van der Waals surface area contributed by atoms with Crippen molar-refractivity contribution in [2.24, 2.45) is 0 Å². The maximum atomic E-state index is 11.7. The highest BCUT2D eigenvalue weighted by molar-refractivity contribution is 5.92. The SMILES string of the molecule is COc1cccc(C(=O)O)c1OCC(=O)N1CCC1. The third-order valence-corrected chi connectivity index (χ3v) is 2.98. The van der Waals surface area contributed by atoms with E-state index in [-0.39, 0.29) is 23.8 Å². The van der Waals surface area contributed by atoms with E-state index in [1.54, 1.807) is 17.0 Å². The van der Waals surface area contributed by atoms with Gasteiger partial charge in [0.1, 0.15) is 5.56 Å². The molecule has 0 aliphatic carbocycles. The fourth-order valence-electron chi connectivity index (χ4n) is 1.78. The highest BCUT2D eigenvalue weighted by atomic mass is 16.5. The molecule has 1 aliphatic rings. The van der Waals surface area contributed by atoms with Crippen LogP contribution < -0.4 is 9.47 Å². The van der Waals surface area contributed by atoms with E-state index in [0.717, 1.165) is 19.5 Å². The summed E-state index contributed by atoms with van der Waals surface area (Å²) in [6, 6.07) is 4.57. The molecule has 1 aromatic rings. The van der Waals surface area contributed by atoms with Crippen LogP contribution in [0.25, 0.3) is 0 Å². The van der Waals surface area contributed by atoms with Crippen molar-refractivity contribution in [3.63, 3.8) is 0 Å². The lowest BCUT2D eigenvalue weighted by atomic mass is 10.2. The molecular formula is C13H15NO5. The first-order valence-electron chi connectivity index (χ1n) is 5.94. The van der Waals surface area contributed by atoms with Gasteiger partial charge < -0.3 is 19.5 Å². The molecule has 1 aromatic carbocycles. The number of nitrogens with zero attached hydrogens (tertiary/aromatic N) is 1. The van der Waals surface area contributed by atoms with Gasteiger partial charge in [0.2, 0.25) is 0 Å². The van der Waals surface area contributed by atoms with Crippen molar-refractivity contribution in [3.8, 4) is 11.5 Å². The van der Waals surface area contributed by atoms with Crippen LogP contribution in [0.15, 0.2) is 18.2 Å². The smallest absolute Gasteiger partial charge is 0.339 e. The van der Waals surface area contributed by atoms with Crippen LogP contribution in [0.5, 0.6) is 11.5 Å². The van der Waals surface area contributed by atoms with Gasteiger partial charge in [-0.25, -0.2) is 4.79 Å². The minimum absolute atomic E-state index is 0.0178. The van der Waals surface area contributed by atoms with Gasteiger partial charge >= 0.3 is 5.97 Å². The van der Waals surface area contributed by atoms with Crippen molar-refractivity contribution in [1.82, 2.24) is 4.90 Å². The number of rotatable bonds is 5. The molecule has 1 heterocycles. The number of aromatic carboxylic acids is 1. The Morgan fingerprint density at radius 2 is 2.11 bits per heavy atom. The maximum Gasteiger partial charge on any atom is 0.339 e. The molecule has 1 N–H and O–H groups in total. The molecular weight excluding hydrogens is 250 g/mol. The van der Waals surface area contributed by atoms with E-state index in [1.807, 2.05) is 0 Å². The van der Waals surface area contributed by atoms with E-state index in [9.17, 15) is 9.59 Å². The lowest BCUT2D eigenvalue weighted by Crippen LogP contribution is -2.44. The van der Waals surface area contributed by atoms with Gasteiger partial charge in [-0.3, -0.25) is 4.79 Å². The predicted molar refractivity (Wildman–Crippen MR) is 66.6 cm³/mol. The second-order valence-electron chi connectivity index (χ2n) is 4.17. The zero-order valence-electron chi connectivity index (χ0n) is 10.6. The minimum atomic E-state index is -1.12. The Morgan fingerprint density at radius 1 is 1.37 bits per heavy atom. The van der Waals surface area contributed by atoms with Gasteiger partial charge in [0, 0.05) is 13.1 Å². The summed E-state index contributed by atoms with van der Waals surface area (Å²) in [5, 5.41) is 9.09. The standard InChI is InChI=1S/C13H15NO5/c1-18-10-5-2-4-9(13(16)17)12(10)19-8-11(15)14-6-3-7-14/h2,4-5H,3,6-8H2,1H3,(H,16,17). The maximum absolute atomic E-state index is 11.7. The molecule has 0 atom stereocenters. The van der Waals surface area contributed by atoms with Crippen molar-refractivity contribution in [2.75, 3.05) is 26.8 Å². The van der Waals surface area contributed by atoms with Gasteiger partial charge in [-0.15, -0.1) is 0 Å². The summed E-state index contributed by atoms with van der Waals surface area (Å²) in [5.74, 6) is -0.874. The lowest BCUT2D eigenvalue weighted by Gasteiger charge is -2.30. The van der Waals surface area contributed by atoms with Gasteiger partial charge in [0.15, 0.2) is 18.1 Å². The molecule has 102 valence electrons. The average Bonchev–Trinajstić information content (AvgIpc) is 2.33. The van der Waals surface area contributed by atoms with Crippen molar-refractivity contribution in [1.29, 1.82) is 0 Å². The summed E-state index contributed by atoms with van der Waals surface area (Å²) in [6.07, 6.45) is 1.00. The predicted octanol–water partition coefficient (Wildman–Crippen LogP) is 1.00. The summed E-state index contributed by atoms with van der Waals surface area (Å²) in [4.78, 5) is 24.5. The van der Waals surface area contributed by atoms with Crippen LogP contribution in [-0.2, 0) is 4.79 Å². The highest BCUT2D eigenvalue weighted by Gasteiger charge is 2.22. The quantitative estimate of drug-likeness (QED) is 0.859. The number of carboxylic acids is 1. The first kappa shape index (κ1) is 13.2. The third kappa shape index (κ3) is 2.78. The van der Waals surface area contributed by atoms with Gasteiger partial charge in [0.05, 0.1) is 7.11 Å². The van der Waals surface area contributed by atoms with Crippen LogP contribution in [0.4, 0.5) is 0 Å². The zero-order valence-corrected chi connectivity index (χ0v) is 10.6. The van der Waals surface area contributed by atoms with Crippen molar-refractivity contribution < 1.29 is 24.2 Å². The Balaban J connectivity index is 2.13. The number of carbonyl (C=O) groups excluding carboxylic acids is 1. The number of benzene rings is 1. The largest absolute Gasteiger partial charge is 0.493 e. The van der Waals surface area contributed by atoms with Gasteiger partial charge in [-0.05, 0) is 18.6 Å². The van der Waals surface area contributed by atoms with Gasteiger partial charge in [-0.1, -0.05) is 6.07 Å². The molecule has 0 radical (unpaired) electrons. The van der Waals surface area contributed by atoms with E-state index in [2.05, 4.69) is 0 Å². The Labute approximate surface area is 110 Å². The molecule has 6 nitrogen and oxygen atoms in total. The molecule has 19 heavy (non-hydrogen) atoms. The molecule has 2 rings (SSSR count). The number of carbonyl (C=O) groups is 2. The number of hydrogen-bond donors (Lipinski definition) is 1. The number of methoxy groups -OCH3 is 1. The first-order valence-corrected chi connectivity index (χ1v) is 5.94. The van der Waals surface area contributed by atoms with Crippen LogP contribution in [0, 0.1) is 0 Å². The molecule has 0 saturated carbocycles. The number of para-hydroxylation sites is 1. The topological polar surface area (TPSA) is 76.1 Å². The fourth-order valence-corrected chi connectivity index (χ4v) is 1.78. The normalized spacial score (nSPS) is 13.6. The van der Waals surface area contributed by atoms with Crippen LogP contribution >= 0.6 is 0 Å². The van der Waals surface area contributed by atoms with Gasteiger partial charge in [-0.2, -0.15) is 0 Å². The third-order valence-electron chi connectivity index (χ3n) is 2.98. The summed E-state index contributed by atoms with van der Waals surface area (Å²) in [6.45, 7) is 1.29. The van der Waals surface area contributed by atoms with E-state index in [1.165, 1.54) is 13.2 Å². The zero-order chi connectivity index (χ0) is 13.8. The Kier molecular flexibility index (Phi) is 3.89. The molecule has 1 amide bonds. The van der Waals surface area contributed by atoms with E-state index in [4.69, 9.17) is 14.6 Å². The Morgan fingerprint density at radius 3 is 2.63 bits per heavy atom. The molecule has 0 unspecified atom stereocenters. The minimum Gasteiger partial charge on any atom is -0.493 e. The van der Waals surface area contributed by atoms with Crippen molar-refractivity contribution in [2.45, 2.75) is 6.42 Å². The number of ether oxygens (including phenoxy) is 2. The molecule has 0 bridgehead atoms. The van der Waals surface area contributed by atoms with Crippen molar-refractivity contribution in [3.05, 3.63) is 23.8 Å². The number of likely N-dealkylation sites (tertiary alicyclic amines) is 1. The average molecular weight is 265 g/mol. The summed E-state index contributed by atoms with van der Waals surface area (Å²) in [7, 11) is 1.42. The van der Waals surface area contributed by atoms with E-state index >= 15 is 0 Å². The summed E-state index contributed by atoms with van der Waals surface area (Å²) in [5.41, 5.74) is -0.0178. The second kappa shape index (κ2) is 5.60. The highest BCUT2D eigenvalue weighted by Crippen LogP contribution is 2.31. The molecule has 1 aliphatic heterocycles. The Bertz CT molecular complexity index is 496. The summed E-state index contributed by atoms with van der Waals surface area (Å²) >= 11 is 0. The monoisotopic (exact) mass is 265 g/mol. The van der Waals surface area contributed by atoms with Crippen LogP contribution in [-0.4, -0.2) is 48.7 Å². The fraction of sp³-hybridized carbons (Fsp3) is 0.385. The first-order chi connectivity index (χ1) is 9.13. The molecule has 0 spiro atoms. The molecule has 6 heteroatoms. The van der Waals surface area contributed by atoms with E-state index < -0.39 is 5.97 Å². The van der Waals surface area contributed by atoms with E-state index in [0.29, 0.717) is 5.75 Å². The number of hydrogen-bond acceptors (Lipinski definition) is 4. The number of carboxylic acid groups (broad SMARTS) is 1. The van der Waals surface area contributed by atoms with Crippen molar-refractivity contribution >= 4 is 11.9 Å².